The quantitative estimate of drug-likeness (QED) is 0.295. The molecule has 1 aromatic heterocycles. The summed E-state index contributed by atoms with van der Waals surface area (Å²) in [7, 11) is -0.583. The zero-order chi connectivity index (χ0) is 32.4. The fraction of sp³-hybridized carbons (Fsp3) is 0.429. The van der Waals surface area contributed by atoms with Crippen LogP contribution in [0.15, 0.2) is 41.6 Å². The van der Waals surface area contributed by atoms with E-state index in [1.165, 1.54) is 42.3 Å². The van der Waals surface area contributed by atoms with E-state index in [1.807, 2.05) is 0 Å². The van der Waals surface area contributed by atoms with Crippen molar-refractivity contribution in [2.45, 2.75) is 36.3 Å². The summed E-state index contributed by atoms with van der Waals surface area (Å²) >= 11 is 0. The van der Waals surface area contributed by atoms with Gasteiger partial charge in [-0.25, -0.2) is 13.4 Å². The number of nitrogens with one attached hydrogen (secondary N) is 2. The van der Waals surface area contributed by atoms with Gasteiger partial charge in [-0.15, -0.1) is 0 Å². The second kappa shape index (κ2) is 12.6. The number of ether oxygens (including phenoxy) is 1. The van der Waals surface area contributed by atoms with Gasteiger partial charge < -0.3 is 24.8 Å². The first-order chi connectivity index (χ1) is 20.5. The summed E-state index contributed by atoms with van der Waals surface area (Å²) in [6.45, 7) is -1.48. The van der Waals surface area contributed by atoms with E-state index in [0.29, 0.717) is 18.0 Å². The van der Waals surface area contributed by atoms with Gasteiger partial charge in [-0.2, -0.15) is 26.3 Å². The third-order valence-corrected chi connectivity index (χ3v) is 8.18. The number of piperidine rings is 1. The number of alkyl halides is 6. The van der Waals surface area contributed by atoms with Crippen LogP contribution in [0.2, 0.25) is 0 Å². The van der Waals surface area contributed by atoms with E-state index in [2.05, 4.69) is 27.5 Å². The second-order valence-electron chi connectivity index (χ2n) is 10.4. The van der Waals surface area contributed by atoms with Crippen molar-refractivity contribution < 1.29 is 44.3 Å². The van der Waals surface area contributed by atoms with Crippen LogP contribution in [0.3, 0.4) is 0 Å². The lowest BCUT2D eigenvalue weighted by Crippen LogP contribution is -2.54. The maximum Gasteiger partial charge on any atom is 0.406 e. The minimum absolute atomic E-state index is 0.0211. The molecule has 2 heterocycles. The van der Waals surface area contributed by atoms with Crippen molar-refractivity contribution in [3.8, 4) is 17.6 Å². The van der Waals surface area contributed by atoms with E-state index in [0.717, 1.165) is 17.2 Å². The van der Waals surface area contributed by atoms with Gasteiger partial charge in [-0.05, 0) is 50.3 Å². The predicted octanol–water partition coefficient (Wildman–Crippen LogP) is 4.09. The molecule has 2 atom stereocenters. The lowest BCUT2D eigenvalue weighted by atomic mass is 9.91. The molecule has 238 valence electrons. The molecular weight excluding hydrogens is 616 g/mol. The molecule has 0 aliphatic carbocycles. The van der Waals surface area contributed by atoms with Crippen molar-refractivity contribution in [3.63, 3.8) is 0 Å². The Hall–Kier alpha value is -3.97. The Morgan fingerprint density at radius 1 is 1.16 bits per heavy atom. The number of fused-ring (bicyclic) bond motifs is 1. The maximum absolute atomic E-state index is 13.8. The summed E-state index contributed by atoms with van der Waals surface area (Å²) in [5, 5.41) is 5.34. The van der Waals surface area contributed by atoms with Gasteiger partial charge in [0.2, 0.25) is 0 Å². The molecule has 2 N–H and O–H groups in total. The Morgan fingerprint density at radius 2 is 1.89 bits per heavy atom. The molecule has 2 aromatic carbocycles. The molecular formula is C28H29F6N5O4S. The van der Waals surface area contributed by atoms with Crippen LogP contribution in [0.1, 0.15) is 22.3 Å². The van der Waals surface area contributed by atoms with Crippen LogP contribution in [0.25, 0.3) is 11.0 Å². The molecule has 0 saturated carbocycles. The Morgan fingerprint density at radius 3 is 2.52 bits per heavy atom. The molecule has 1 amide bonds. The number of amides is 1. The second-order valence-corrected chi connectivity index (χ2v) is 12.5. The molecule has 44 heavy (non-hydrogen) atoms. The molecule has 1 saturated heterocycles. The number of halogens is 6. The number of hydrogen-bond acceptors (Lipinski definition) is 7. The summed E-state index contributed by atoms with van der Waals surface area (Å²) in [6, 6.07) is 5.51. The molecule has 9 nitrogen and oxygen atoms in total. The van der Waals surface area contributed by atoms with Crippen molar-refractivity contribution in [2.24, 2.45) is 5.92 Å². The van der Waals surface area contributed by atoms with Gasteiger partial charge in [-0.1, -0.05) is 11.8 Å². The summed E-state index contributed by atoms with van der Waals surface area (Å²) in [5.74, 6) is 3.09. The SMILES string of the molecule is COc1ccc(S(C)(=O)=O)cc1NCC#Cc1cc(C(=O)N[C@@H]2CCN(C)C[C@H]2C(F)(F)F)c2ncn(CC(F)(F)F)c2c1. The molecule has 1 aliphatic heterocycles. The van der Waals surface area contributed by atoms with Gasteiger partial charge in [-0.3, -0.25) is 4.79 Å². The Kier molecular flexibility index (Phi) is 9.40. The number of methoxy groups -OCH3 is 1. The number of benzene rings is 2. The van der Waals surface area contributed by atoms with Crippen LogP contribution in [0.4, 0.5) is 32.0 Å². The lowest BCUT2D eigenvalue weighted by Gasteiger charge is -2.38. The maximum atomic E-state index is 13.8. The van der Waals surface area contributed by atoms with Crippen molar-refractivity contribution in [1.82, 2.24) is 19.8 Å². The summed E-state index contributed by atoms with van der Waals surface area (Å²) in [5.41, 5.74) is 0.0182. The topological polar surface area (TPSA) is 106 Å². The predicted molar refractivity (Wildman–Crippen MR) is 150 cm³/mol. The average molecular weight is 646 g/mol. The highest BCUT2D eigenvalue weighted by atomic mass is 32.2. The van der Waals surface area contributed by atoms with E-state index < -0.39 is 46.6 Å². The van der Waals surface area contributed by atoms with Gasteiger partial charge in [0.25, 0.3) is 5.91 Å². The number of rotatable bonds is 7. The van der Waals surface area contributed by atoms with Crippen LogP contribution in [0.5, 0.6) is 5.75 Å². The van der Waals surface area contributed by atoms with Crippen LogP contribution in [-0.4, -0.2) is 87.2 Å². The fourth-order valence-electron chi connectivity index (χ4n) is 4.93. The Labute approximate surface area is 249 Å². The average Bonchev–Trinajstić information content (AvgIpc) is 3.31. The fourth-order valence-corrected chi connectivity index (χ4v) is 5.58. The molecule has 4 rings (SSSR count). The monoisotopic (exact) mass is 645 g/mol. The smallest absolute Gasteiger partial charge is 0.406 e. The lowest BCUT2D eigenvalue weighted by molar-refractivity contribution is -0.191. The van der Waals surface area contributed by atoms with Crippen molar-refractivity contribution >= 4 is 32.5 Å². The van der Waals surface area contributed by atoms with Gasteiger partial charge in [0.15, 0.2) is 9.84 Å². The Balaban J connectivity index is 1.66. The summed E-state index contributed by atoms with van der Waals surface area (Å²) < 4.78 is 111. The molecule has 1 aliphatic rings. The zero-order valence-electron chi connectivity index (χ0n) is 23.8. The molecule has 0 radical (unpaired) electrons. The molecule has 3 aromatic rings. The number of anilines is 1. The number of carbonyl (C=O) groups excluding carboxylic acids is 1. The number of nitrogens with zero attached hydrogens (tertiary/aromatic N) is 3. The molecule has 0 unspecified atom stereocenters. The summed E-state index contributed by atoms with van der Waals surface area (Å²) in [4.78, 5) is 18.8. The van der Waals surface area contributed by atoms with Gasteiger partial charge >= 0.3 is 12.4 Å². The molecule has 1 fully saturated rings. The first-order valence-electron chi connectivity index (χ1n) is 13.2. The highest BCUT2D eigenvalue weighted by molar-refractivity contribution is 7.90. The minimum Gasteiger partial charge on any atom is -0.495 e. The largest absolute Gasteiger partial charge is 0.495 e. The standard InChI is InChI=1S/C28H29F6N5O4S/c1-38-10-8-21(20(14-38)28(32,33)34)37-26(40)19-11-17(12-23-25(19)36-16-39(23)15-27(29,30)31)5-4-9-35-22-13-18(44(3,41)42)6-7-24(22)43-2/h6-7,11-13,16,20-21,35H,8-10,14-15H2,1-3H3,(H,37,40)/t20-,21-/m1/s1. The van der Waals surface area contributed by atoms with Crippen LogP contribution in [-0.2, 0) is 16.4 Å². The number of carbonyl (C=O) groups is 1. The molecule has 16 heteroatoms. The van der Waals surface area contributed by atoms with Crippen LogP contribution < -0.4 is 15.4 Å². The molecule has 0 bridgehead atoms. The number of imidazole rings is 1. The number of sulfone groups is 1. The third-order valence-electron chi connectivity index (χ3n) is 7.07. The Bertz CT molecular complexity index is 1710. The van der Waals surface area contributed by atoms with E-state index >= 15 is 0 Å². The first-order valence-corrected chi connectivity index (χ1v) is 15.1. The normalized spacial score (nSPS) is 18.0. The van der Waals surface area contributed by atoms with E-state index in [-0.39, 0.29) is 46.6 Å². The van der Waals surface area contributed by atoms with Crippen molar-refractivity contribution in [2.75, 3.05) is 45.4 Å². The number of aromatic nitrogens is 2. The van der Waals surface area contributed by atoms with E-state index in [4.69, 9.17) is 4.74 Å². The highest BCUT2D eigenvalue weighted by Crippen LogP contribution is 2.34. The number of hydrogen-bond donors (Lipinski definition) is 2. The molecule has 0 spiro atoms. The van der Waals surface area contributed by atoms with Crippen LogP contribution in [0, 0.1) is 17.8 Å². The van der Waals surface area contributed by atoms with Crippen molar-refractivity contribution in [3.05, 3.63) is 47.8 Å². The van der Waals surface area contributed by atoms with Gasteiger partial charge in [0.1, 0.15) is 17.8 Å². The van der Waals surface area contributed by atoms with E-state index in [9.17, 15) is 39.6 Å². The van der Waals surface area contributed by atoms with Crippen LogP contribution >= 0.6 is 0 Å². The van der Waals surface area contributed by atoms with Gasteiger partial charge in [0, 0.05) is 24.4 Å². The minimum atomic E-state index is -4.62. The number of likely N-dealkylation sites (tertiary alicyclic amines) is 1. The summed E-state index contributed by atoms with van der Waals surface area (Å²) in [6.07, 6.45) is -7.23. The zero-order valence-corrected chi connectivity index (χ0v) is 24.6. The first kappa shape index (κ1) is 32.9. The van der Waals surface area contributed by atoms with E-state index in [1.54, 1.807) is 7.05 Å². The third kappa shape index (κ3) is 7.94. The van der Waals surface area contributed by atoms with Gasteiger partial charge in [0.05, 0.1) is 47.6 Å². The highest BCUT2D eigenvalue weighted by Gasteiger charge is 2.47. The van der Waals surface area contributed by atoms with Crippen molar-refractivity contribution in [1.29, 1.82) is 0 Å².